The van der Waals surface area contributed by atoms with Gasteiger partial charge in [-0.1, -0.05) is 281 Å². The molecule has 418 valence electrons. The topological polar surface area (TPSA) is 78.9 Å². The van der Waals surface area contributed by atoms with E-state index in [4.69, 9.17) is 14.2 Å². The minimum Gasteiger partial charge on any atom is -0.462 e. The van der Waals surface area contributed by atoms with Crippen LogP contribution >= 0.6 is 0 Å². The summed E-state index contributed by atoms with van der Waals surface area (Å²) in [5.41, 5.74) is 0. The number of hydrogen-bond donors (Lipinski definition) is 0. The molecule has 0 rings (SSSR count). The van der Waals surface area contributed by atoms with Crippen molar-refractivity contribution < 1.29 is 28.6 Å². The highest BCUT2D eigenvalue weighted by atomic mass is 16.6. The van der Waals surface area contributed by atoms with Gasteiger partial charge in [0.25, 0.3) is 0 Å². The van der Waals surface area contributed by atoms with Gasteiger partial charge in [0.15, 0.2) is 6.10 Å². The second-order valence-electron chi connectivity index (χ2n) is 20.9. The molecule has 1 unspecified atom stereocenters. The van der Waals surface area contributed by atoms with Gasteiger partial charge in [0.2, 0.25) is 0 Å². The van der Waals surface area contributed by atoms with Gasteiger partial charge in [-0.3, -0.25) is 14.4 Å². The van der Waals surface area contributed by atoms with Gasteiger partial charge in [-0.15, -0.1) is 0 Å². The first-order valence-electron chi connectivity index (χ1n) is 31.3. The molecule has 0 aliphatic rings. The van der Waals surface area contributed by atoms with Gasteiger partial charge in [0, 0.05) is 19.3 Å². The normalized spacial score (nSPS) is 12.4. The second-order valence-corrected chi connectivity index (χ2v) is 20.9. The first-order valence-corrected chi connectivity index (χ1v) is 31.3. The van der Waals surface area contributed by atoms with Gasteiger partial charge < -0.3 is 14.2 Å². The SMILES string of the molecule is CC/C=C\C/C=C\C/C=C\C/C=C\CCCCCCCCCCCCCCCCC(=O)OCC(COC(=O)CCCCCCCCCCCCCC)OC(=O)CCCCCCC/C=C\CCCCCCCC. The van der Waals surface area contributed by atoms with Crippen molar-refractivity contribution in [3.8, 4) is 0 Å². The fraction of sp³-hybridized carbons (Fsp3) is 0.803. The number of ether oxygens (including phenoxy) is 3. The Kier molecular flexibility index (Phi) is 58.2. The third-order valence-corrected chi connectivity index (χ3v) is 13.8. The molecule has 0 saturated heterocycles. The van der Waals surface area contributed by atoms with Crippen molar-refractivity contribution in [3.63, 3.8) is 0 Å². The number of unbranched alkanes of at least 4 members (excludes halogenated alkanes) is 36. The Balaban J connectivity index is 4.21. The van der Waals surface area contributed by atoms with Crippen LogP contribution in [0.25, 0.3) is 0 Å². The molecule has 0 bridgehead atoms. The lowest BCUT2D eigenvalue weighted by atomic mass is 10.0. The molecular weight excluding hydrogens is 889 g/mol. The Morgan fingerprint density at radius 2 is 0.542 bits per heavy atom. The second kappa shape index (κ2) is 60.7. The van der Waals surface area contributed by atoms with Crippen LogP contribution in [0.3, 0.4) is 0 Å². The van der Waals surface area contributed by atoms with Crippen LogP contribution in [0, 0.1) is 0 Å². The molecule has 0 fully saturated rings. The summed E-state index contributed by atoms with van der Waals surface area (Å²) >= 11 is 0. The average molecular weight is 1010 g/mol. The van der Waals surface area contributed by atoms with Gasteiger partial charge in [-0.05, 0) is 83.5 Å². The van der Waals surface area contributed by atoms with Gasteiger partial charge >= 0.3 is 17.9 Å². The van der Waals surface area contributed by atoms with E-state index in [9.17, 15) is 14.4 Å². The van der Waals surface area contributed by atoms with Crippen molar-refractivity contribution in [1.29, 1.82) is 0 Å². The Bertz CT molecular complexity index is 1290. The number of esters is 3. The molecule has 0 aromatic rings. The van der Waals surface area contributed by atoms with Gasteiger partial charge in [0.05, 0.1) is 0 Å². The summed E-state index contributed by atoms with van der Waals surface area (Å²) in [7, 11) is 0. The predicted molar refractivity (Wildman–Crippen MR) is 312 cm³/mol. The lowest BCUT2D eigenvalue weighted by Gasteiger charge is -2.18. The quantitative estimate of drug-likeness (QED) is 0.0261. The zero-order chi connectivity index (χ0) is 52.2. The molecular formula is C66H118O6. The minimum absolute atomic E-state index is 0.0732. The molecule has 0 spiro atoms. The fourth-order valence-corrected chi connectivity index (χ4v) is 9.08. The first-order chi connectivity index (χ1) is 35.5. The third-order valence-electron chi connectivity index (χ3n) is 13.8. The van der Waals surface area contributed by atoms with Crippen molar-refractivity contribution in [1.82, 2.24) is 0 Å². The standard InChI is InChI=1S/C66H118O6/c1-4-7-10-13-16-19-22-25-27-28-29-30-31-32-33-34-35-36-37-38-40-41-44-47-50-53-56-59-65(68)71-62-63(61-70-64(67)58-55-52-49-46-43-24-21-18-15-12-9-6-3)72-66(69)60-57-54-51-48-45-42-39-26-23-20-17-14-11-8-5-2/h7,10,16,19,25-27,29-30,39,63H,4-6,8-9,11-15,17-18,20-24,28,31-38,40-62H2,1-3H3/b10-7-,19-16-,27-25-,30-29-,39-26-. The summed E-state index contributed by atoms with van der Waals surface area (Å²) in [6.07, 6.45) is 76.6. The van der Waals surface area contributed by atoms with Crippen LogP contribution in [-0.2, 0) is 28.6 Å². The maximum Gasteiger partial charge on any atom is 0.306 e. The molecule has 0 radical (unpaired) electrons. The molecule has 72 heavy (non-hydrogen) atoms. The zero-order valence-electron chi connectivity index (χ0n) is 47.9. The number of carbonyl (C=O) groups is 3. The van der Waals surface area contributed by atoms with Crippen molar-refractivity contribution in [2.75, 3.05) is 13.2 Å². The van der Waals surface area contributed by atoms with Crippen LogP contribution < -0.4 is 0 Å². The number of allylic oxidation sites excluding steroid dienone is 10. The van der Waals surface area contributed by atoms with Crippen LogP contribution in [0.15, 0.2) is 60.8 Å². The molecule has 0 amide bonds. The molecule has 0 N–H and O–H groups in total. The highest BCUT2D eigenvalue weighted by molar-refractivity contribution is 5.71. The Labute approximate surface area is 447 Å². The van der Waals surface area contributed by atoms with E-state index >= 15 is 0 Å². The van der Waals surface area contributed by atoms with Gasteiger partial charge in [-0.2, -0.15) is 0 Å². The first kappa shape index (κ1) is 69.1. The van der Waals surface area contributed by atoms with Crippen LogP contribution in [-0.4, -0.2) is 37.2 Å². The molecule has 0 heterocycles. The van der Waals surface area contributed by atoms with E-state index in [1.165, 1.54) is 193 Å². The van der Waals surface area contributed by atoms with E-state index in [0.29, 0.717) is 19.3 Å². The monoisotopic (exact) mass is 1010 g/mol. The Morgan fingerprint density at radius 3 is 0.861 bits per heavy atom. The van der Waals surface area contributed by atoms with E-state index < -0.39 is 6.10 Å². The van der Waals surface area contributed by atoms with E-state index in [2.05, 4.69) is 81.5 Å². The minimum atomic E-state index is -0.775. The summed E-state index contributed by atoms with van der Waals surface area (Å²) in [5, 5.41) is 0. The molecule has 0 saturated carbocycles. The summed E-state index contributed by atoms with van der Waals surface area (Å²) in [5.74, 6) is -0.866. The lowest BCUT2D eigenvalue weighted by molar-refractivity contribution is -0.167. The third kappa shape index (κ3) is 58.0. The van der Waals surface area contributed by atoms with Crippen molar-refractivity contribution in [2.45, 2.75) is 329 Å². The van der Waals surface area contributed by atoms with Gasteiger partial charge in [0.1, 0.15) is 13.2 Å². The summed E-state index contributed by atoms with van der Waals surface area (Å²) < 4.78 is 16.9. The van der Waals surface area contributed by atoms with Crippen LogP contribution in [0.1, 0.15) is 323 Å². The van der Waals surface area contributed by atoms with E-state index in [-0.39, 0.29) is 31.1 Å². The van der Waals surface area contributed by atoms with Crippen LogP contribution in [0.4, 0.5) is 0 Å². The number of carbonyl (C=O) groups excluding carboxylic acids is 3. The maximum absolute atomic E-state index is 12.9. The van der Waals surface area contributed by atoms with E-state index in [1.54, 1.807) is 0 Å². The molecule has 0 aromatic carbocycles. The molecule has 0 aliphatic carbocycles. The molecule has 1 atom stereocenters. The smallest absolute Gasteiger partial charge is 0.306 e. The Morgan fingerprint density at radius 1 is 0.292 bits per heavy atom. The summed E-state index contributed by atoms with van der Waals surface area (Å²) in [6, 6.07) is 0. The average Bonchev–Trinajstić information content (AvgIpc) is 3.38. The molecule has 6 nitrogen and oxygen atoms in total. The van der Waals surface area contributed by atoms with Crippen molar-refractivity contribution >= 4 is 17.9 Å². The zero-order valence-corrected chi connectivity index (χ0v) is 47.9. The largest absolute Gasteiger partial charge is 0.462 e. The highest BCUT2D eigenvalue weighted by Gasteiger charge is 2.19. The fourth-order valence-electron chi connectivity index (χ4n) is 9.08. The molecule has 0 aliphatic heterocycles. The highest BCUT2D eigenvalue weighted by Crippen LogP contribution is 2.17. The van der Waals surface area contributed by atoms with Gasteiger partial charge in [-0.25, -0.2) is 0 Å². The van der Waals surface area contributed by atoms with E-state index in [0.717, 1.165) is 89.9 Å². The van der Waals surface area contributed by atoms with Crippen molar-refractivity contribution in [3.05, 3.63) is 60.8 Å². The number of hydrogen-bond acceptors (Lipinski definition) is 6. The number of rotatable bonds is 57. The maximum atomic E-state index is 12.9. The van der Waals surface area contributed by atoms with Crippen LogP contribution in [0.5, 0.6) is 0 Å². The summed E-state index contributed by atoms with van der Waals surface area (Å²) in [4.78, 5) is 38.2. The summed E-state index contributed by atoms with van der Waals surface area (Å²) in [6.45, 7) is 6.55. The Hall–Kier alpha value is -2.89. The molecule has 6 heteroatoms. The van der Waals surface area contributed by atoms with Crippen LogP contribution in [0.2, 0.25) is 0 Å². The molecule has 0 aromatic heterocycles. The predicted octanol–water partition coefficient (Wildman–Crippen LogP) is 21.2. The van der Waals surface area contributed by atoms with E-state index in [1.807, 2.05) is 0 Å². The van der Waals surface area contributed by atoms with Crippen molar-refractivity contribution in [2.24, 2.45) is 0 Å². The lowest BCUT2D eigenvalue weighted by Crippen LogP contribution is -2.30.